The number of carbonyl (C=O) groups excluding carboxylic acids is 1. The smallest absolute Gasteiger partial charge is 0.321 e. The number of aromatic nitrogens is 3. The summed E-state index contributed by atoms with van der Waals surface area (Å²) in [6, 6.07) is 13.3. The van der Waals surface area contributed by atoms with Gasteiger partial charge >= 0.3 is 6.03 Å². The summed E-state index contributed by atoms with van der Waals surface area (Å²) < 4.78 is 6.53. The summed E-state index contributed by atoms with van der Waals surface area (Å²) in [6.07, 6.45) is 3.30. The van der Waals surface area contributed by atoms with Crippen LogP contribution in [-0.4, -0.2) is 39.1 Å². The lowest BCUT2D eigenvalue weighted by molar-refractivity contribution is 0.187. The van der Waals surface area contributed by atoms with Crippen LogP contribution in [0.15, 0.2) is 53.2 Å². The van der Waals surface area contributed by atoms with Crippen LogP contribution in [0.4, 0.5) is 10.5 Å². The van der Waals surface area contributed by atoms with Crippen molar-refractivity contribution in [1.82, 2.24) is 20.0 Å². The van der Waals surface area contributed by atoms with E-state index >= 15 is 0 Å². The van der Waals surface area contributed by atoms with Crippen molar-refractivity contribution in [3.8, 4) is 11.5 Å². The predicted octanol–water partition coefficient (Wildman–Crippen LogP) is 4.15. The third-order valence-corrected chi connectivity index (χ3v) is 5.21. The number of nitrogens with zero attached hydrogens (tertiary/aromatic N) is 4. The van der Waals surface area contributed by atoms with Gasteiger partial charge in [-0.15, -0.1) is 0 Å². The molecule has 0 unspecified atom stereocenters. The molecule has 0 aliphatic carbocycles. The van der Waals surface area contributed by atoms with E-state index in [1.54, 1.807) is 6.20 Å². The molecule has 0 spiro atoms. The third kappa shape index (κ3) is 4.26. The minimum Gasteiger partial charge on any atom is -0.339 e. The van der Waals surface area contributed by atoms with Crippen LogP contribution in [0.25, 0.3) is 11.5 Å². The number of piperidine rings is 1. The van der Waals surface area contributed by atoms with Gasteiger partial charge in [-0.1, -0.05) is 17.3 Å². The zero-order chi connectivity index (χ0) is 18.6. The van der Waals surface area contributed by atoms with Crippen molar-refractivity contribution in [1.29, 1.82) is 0 Å². The lowest BCUT2D eigenvalue weighted by Gasteiger charge is -2.30. The number of urea groups is 1. The maximum atomic E-state index is 12.5. The molecule has 27 heavy (non-hydrogen) atoms. The molecule has 1 aliphatic heterocycles. The van der Waals surface area contributed by atoms with Crippen LogP contribution in [0.2, 0.25) is 0 Å². The minimum absolute atomic E-state index is 0.0739. The van der Waals surface area contributed by atoms with E-state index in [0.29, 0.717) is 30.5 Å². The Hall–Kier alpha value is -2.49. The van der Waals surface area contributed by atoms with E-state index in [1.165, 1.54) is 0 Å². The van der Waals surface area contributed by atoms with Crippen LogP contribution >= 0.6 is 22.6 Å². The van der Waals surface area contributed by atoms with Gasteiger partial charge in [-0.2, -0.15) is 4.98 Å². The van der Waals surface area contributed by atoms with E-state index < -0.39 is 0 Å². The summed E-state index contributed by atoms with van der Waals surface area (Å²) in [6.45, 7) is 1.31. The van der Waals surface area contributed by atoms with Crippen molar-refractivity contribution in [2.75, 3.05) is 18.4 Å². The fourth-order valence-electron chi connectivity index (χ4n) is 3.10. The van der Waals surface area contributed by atoms with Crippen LogP contribution in [0, 0.1) is 3.57 Å². The standard InChI is InChI=1S/C19H18IN5O2/c20-14-4-3-5-15(12-14)22-19(26)25-10-7-13(8-11-25)18-23-17(24-27-18)16-6-1-2-9-21-16/h1-6,9,12-13H,7-8,10-11H2,(H,22,26). The highest BCUT2D eigenvalue weighted by Crippen LogP contribution is 2.28. The maximum absolute atomic E-state index is 12.5. The number of carbonyl (C=O) groups is 1. The number of likely N-dealkylation sites (tertiary alicyclic amines) is 1. The van der Waals surface area contributed by atoms with E-state index in [2.05, 4.69) is 43.0 Å². The zero-order valence-electron chi connectivity index (χ0n) is 14.5. The molecule has 0 bridgehead atoms. The highest BCUT2D eigenvalue weighted by Gasteiger charge is 2.27. The molecule has 1 aromatic carbocycles. The first-order chi connectivity index (χ1) is 13.2. The SMILES string of the molecule is O=C(Nc1cccc(I)c1)N1CCC(c2nc(-c3ccccn3)no2)CC1. The van der Waals surface area contributed by atoms with E-state index in [9.17, 15) is 4.79 Å². The molecule has 0 saturated carbocycles. The van der Waals surface area contributed by atoms with E-state index in [-0.39, 0.29) is 11.9 Å². The van der Waals surface area contributed by atoms with E-state index in [1.807, 2.05) is 47.4 Å². The van der Waals surface area contributed by atoms with Gasteiger partial charge in [0.05, 0.1) is 0 Å². The van der Waals surface area contributed by atoms with Gasteiger partial charge in [0.25, 0.3) is 0 Å². The average molecular weight is 475 g/mol. The van der Waals surface area contributed by atoms with Crippen molar-refractivity contribution < 1.29 is 9.32 Å². The van der Waals surface area contributed by atoms with Crippen molar-refractivity contribution in [3.63, 3.8) is 0 Å². The third-order valence-electron chi connectivity index (χ3n) is 4.54. The molecule has 4 rings (SSSR count). The molecule has 1 fully saturated rings. The molecule has 2 aromatic heterocycles. The van der Waals surface area contributed by atoms with E-state index in [0.717, 1.165) is 22.1 Å². The monoisotopic (exact) mass is 475 g/mol. The van der Waals surface area contributed by atoms with Crippen molar-refractivity contribution in [2.24, 2.45) is 0 Å². The Labute approximate surface area is 170 Å². The fourth-order valence-corrected chi connectivity index (χ4v) is 3.64. The summed E-state index contributed by atoms with van der Waals surface area (Å²) in [7, 11) is 0. The van der Waals surface area contributed by atoms with Gasteiger partial charge in [0.15, 0.2) is 0 Å². The van der Waals surface area contributed by atoms with Gasteiger partial charge in [-0.3, -0.25) is 4.98 Å². The van der Waals surface area contributed by atoms with Crippen molar-refractivity contribution >= 4 is 34.3 Å². The lowest BCUT2D eigenvalue weighted by atomic mass is 9.97. The molecule has 0 atom stereocenters. The number of amides is 2. The summed E-state index contributed by atoms with van der Waals surface area (Å²) >= 11 is 2.23. The Balaban J connectivity index is 1.35. The molecular weight excluding hydrogens is 457 g/mol. The Kier molecular flexibility index (Phi) is 5.33. The molecule has 138 valence electrons. The molecule has 3 heterocycles. The topological polar surface area (TPSA) is 84.2 Å². The largest absolute Gasteiger partial charge is 0.339 e. The second kappa shape index (κ2) is 8.03. The number of benzene rings is 1. The molecular formula is C19H18IN5O2. The lowest BCUT2D eigenvalue weighted by Crippen LogP contribution is -2.40. The first-order valence-corrected chi connectivity index (χ1v) is 9.83. The van der Waals surface area contributed by atoms with Crippen LogP contribution in [0.1, 0.15) is 24.7 Å². The Morgan fingerprint density at radius 2 is 2.04 bits per heavy atom. The molecule has 7 nitrogen and oxygen atoms in total. The Morgan fingerprint density at radius 3 is 2.78 bits per heavy atom. The molecule has 1 saturated heterocycles. The molecule has 1 N–H and O–H groups in total. The summed E-state index contributed by atoms with van der Waals surface area (Å²) in [5.74, 6) is 1.29. The first kappa shape index (κ1) is 17.9. The van der Waals surface area contributed by atoms with Gasteiger partial charge in [-0.05, 0) is 65.8 Å². The average Bonchev–Trinajstić information content (AvgIpc) is 3.19. The van der Waals surface area contributed by atoms with Crippen molar-refractivity contribution in [3.05, 3.63) is 58.1 Å². The van der Waals surface area contributed by atoms with Gasteiger partial charge in [0.2, 0.25) is 11.7 Å². The number of halogens is 1. The number of nitrogens with one attached hydrogen (secondary N) is 1. The van der Waals surface area contributed by atoms with Crippen LogP contribution in [0.5, 0.6) is 0 Å². The molecule has 2 amide bonds. The highest BCUT2D eigenvalue weighted by molar-refractivity contribution is 14.1. The normalized spacial score (nSPS) is 14.9. The van der Waals surface area contributed by atoms with Gasteiger partial charge in [0, 0.05) is 34.5 Å². The van der Waals surface area contributed by atoms with Crippen LogP contribution in [0.3, 0.4) is 0 Å². The summed E-state index contributed by atoms with van der Waals surface area (Å²) in [5.41, 5.74) is 1.51. The number of hydrogen-bond donors (Lipinski definition) is 1. The second-order valence-corrected chi connectivity index (χ2v) is 7.62. The van der Waals surface area contributed by atoms with Crippen LogP contribution in [-0.2, 0) is 0 Å². The van der Waals surface area contributed by atoms with Crippen molar-refractivity contribution in [2.45, 2.75) is 18.8 Å². The Bertz CT molecular complexity index is 923. The Morgan fingerprint density at radius 1 is 1.19 bits per heavy atom. The summed E-state index contributed by atoms with van der Waals surface area (Å²) in [5, 5.41) is 6.99. The quantitative estimate of drug-likeness (QED) is 0.576. The maximum Gasteiger partial charge on any atom is 0.321 e. The summed E-state index contributed by atoms with van der Waals surface area (Å²) in [4.78, 5) is 23.0. The first-order valence-electron chi connectivity index (χ1n) is 8.75. The number of pyridine rings is 1. The molecule has 8 heteroatoms. The van der Waals surface area contributed by atoms with E-state index in [4.69, 9.17) is 4.52 Å². The molecule has 3 aromatic rings. The second-order valence-electron chi connectivity index (χ2n) is 6.37. The number of anilines is 1. The fraction of sp³-hybridized carbons (Fsp3) is 0.263. The zero-order valence-corrected chi connectivity index (χ0v) is 16.7. The van der Waals surface area contributed by atoms with Gasteiger partial charge in [-0.25, -0.2) is 4.79 Å². The predicted molar refractivity (Wildman–Crippen MR) is 109 cm³/mol. The molecule has 0 radical (unpaired) electrons. The number of rotatable bonds is 3. The molecule has 1 aliphatic rings. The van der Waals surface area contributed by atoms with Crippen LogP contribution < -0.4 is 5.32 Å². The van der Waals surface area contributed by atoms with Gasteiger partial charge < -0.3 is 14.7 Å². The highest BCUT2D eigenvalue weighted by atomic mass is 127. The van der Waals surface area contributed by atoms with Gasteiger partial charge in [0.1, 0.15) is 5.69 Å². The number of hydrogen-bond acceptors (Lipinski definition) is 5. The minimum atomic E-state index is -0.0739.